The van der Waals surface area contributed by atoms with E-state index in [1.165, 1.54) is 11.3 Å². The first-order valence-corrected chi connectivity index (χ1v) is 10.6. The van der Waals surface area contributed by atoms with Gasteiger partial charge in [0.05, 0.1) is 13.1 Å². The van der Waals surface area contributed by atoms with Crippen LogP contribution < -0.4 is 10.6 Å². The molecule has 1 unspecified atom stereocenters. The zero-order valence-electron chi connectivity index (χ0n) is 16.4. The predicted molar refractivity (Wildman–Crippen MR) is 115 cm³/mol. The van der Waals surface area contributed by atoms with Gasteiger partial charge in [0.1, 0.15) is 11.0 Å². The summed E-state index contributed by atoms with van der Waals surface area (Å²) < 4.78 is 0. The summed E-state index contributed by atoms with van der Waals surface area (Å²) in [4.78, 5) is 33.1. The van der Waals surface area contributed by atoms with E-state index in [1.807, 2.05) is 35.7 Å². The summed E-state index contributed by atoms with van der Waals surface area (Å²) in [6, 6.07) is 9.66. The lowest BCUT2D eigenvalue weighted by atomic mass is 10.1. The number of benzene rings is 1. The standard InChI is InChI=1S/C21H27N5O2S/c1-2-8-22-18(27)15-25-10-12-26(13-11-25)16-19(28)24-20(21-23-9-14-29-21)17-6-4-3-5-7-17/h2-7,9,14,20H,1,8,10-13,15-16H2,(H,22,27)(H,24,28). The van der Waals surface area contributed by atoms with Crippen molar-refractivity contribution in [2.24, 2.45) is 0 Å². The van der Waals surface area contributed by atoms with Gasteiger partial charge >= 0.3 is 0 Å². The van der Waals surface area contributed by atoms with Crippen LogP contribution in [0.3, 0.4) is 0 Å². The molecule has 0 bridgehead atoms. The van der Waals surface area contributed by atoms with Crippen LogP contribution in [0.1, 0.15) is 16.6 Å². The number of amides is 2. The molecule has 0 aliphatic carbocycles. The van der Waals surface area contributed by atoms with Crippen LogP contribution in [0.5, 0.6) is 0 Å². The Morgan fingerprint density at radius 1 is 1.10 bits per heavy atom. The first-order valence-electron chi connectivity index (χ1n) is 9.71. The summed E-state index contributed by atoms with van der Waals surface area (Å²) in [5.41, 5.74) is 1.02. The molecule has 3 rings (SSSR count). The smallest absolute Gasteiger partial charge is 0.235 e. The van der Waals surface area contributed by atoms with Crippen LogP contribution in [0, 0.1) is 0 Å². The maximum atomic E-state index is 12.7. The molecule has 154 valence electrons. The van der Waals surface area contributed by atoms with Crippen molar-refractivity contribution in [2.75, 3.05) is 45.8 Å². The van der Waals surface area contributed by atoms with Crippen LogP contribution in [0.25, 0.3) is 0 Å². The molecule has 1 aliphatic rings. The molecule has 1 saturated heterocycles. The fourth-order valence-corrected chi connectivity index (χ4v) is 3.98. The largest absolute Gasteiger partial charge is 0.352 e. The fourth-order valence-electron chi connectivity index (χ4n) is 3.27. The van der Waals surface area contributed by atoms with E-state index in [1.54, 1.807) is 12.3 Å². The van der Waals surface area contributed by atoms with Crippen molar-refractivity contribution in [3.8, 4) is 0 Å². The van der Waals surface area contributed by atoms with Crippen molar-refractivity contribution in [3.05, 3.63) is 65.1 Å². The number of aromatic nitrogens is 1. The molecule has 0 radical (unpaired) electrons. The van der Waals surface area contributed by atoms with Crippen LogP contribution in [0.15, 0.2) is 54.6 Å². The van der Waals surface area contributed by atoms with Gasteiger partial charge in [-0.05, 0) is 5.56 Å². The Kier molecular flexibility index (Phi) is 7.92. The maximum Gasteiger partial charge on any atom is 0.235 e. The quantitative estimate of drug-likeness (QED) is 0.606. The van der Waals surface area contributed by atoms with Crippen LogP contribution in [0.4, 0.5) is 0 Å². The van der Waals surface area contributed by atoms with Crippen LogP contribution >= 0.6 is 11.3 Å². The fraction of sp³-hybridized carbons (Fsp3) is 0.381. The van der Waals surface area contributed by atoms with Crippen molar-refractivity contribution >= 4 is 23.2 Å². The molecule has 1 fully saturated rings. The van der Waals surface area contributed by atoms with Crippen molar-refractivity contribution < 1.29 is 9.59 Å². The lowest BCUT2D eigenvalue weighted by Crippen LogP contribution is -2.51. The highest BCUT2D eigenvalue weighted by molar-refractivity contribution is 7.09. The third kappa shape index (κ3) is 6.49. The molecule has 1 aliphatic heterocycles. The molecule has 1 atom stereocenters. The first kappa shape index (κ1) is 21.2. The minimum Gasteiger partial charge on any atom is -0.352 e. The molecule has 2 N–H and O–H groups in total. The van der Waals surface area contributed by atoms with E-state index in [9.17, 15) is 9.59 Å². The molecule has 1 aromatic carbocycles. The molecule has 29 heavy (non-hydrogen) atoms. The Balaban J connectivity index is 1.49. The van der Waals surface area contributed by atoms with Gasteiger partial charge in [-0.15, -0.1) is 17.9 Å². The summed E-state index contributed by atoms with van der Waals surface area (Å²) >= 11 is 1.54. The third-order valence-corrected chi connectivity index (χ3v) is 5.62. The van der Waals surface area contributed by atoms with E-state index in [0.29, 0.717) is 19.6 Å². The van der Waals surface area contributed by atoms with Gasteiger partial charge in [0, 0.05) is 44.3 Å². The average Bonchev–Trinajstić information content (AvgIpc) is 3.27. The normalized spacial score (nSPS) is 16.1. The number of thiazole rings is 1. The number of hydrogen-bond donors (Lipinski definition) is 2. The second-order valence-electron chi connectivity index (χ2n) is 6.93. The zero-order valence-corrected chi connectivity index (χ0v) is 17.2. The van der Waals surface area contributed by atoms with E-state index in [2.05, 4.69) is 32.0 Å². The molecule has 1 aromatic heterocycles. The van der Waals surface area contributed by atoms with Gasteiger partial charge in [-0.2, -0.15) is 0 Å². The maximum absolute atomic E-state index is 12.7. The van der Waals surface area contributed by atoms with E-state index in [-0.39, 0.29) is 17.9 Å². The minimum atomic E-state index is -0.237. The number of piperazine rings is 1. The lowest BCUT2D eigenvalue weighted by molar-refractivity contribution is -0.125. The predicted octanol–water partition coefficient (Wildman–Crippen LogP) is 1.27. The van der Waals surface area contributed by atoms with Gasteiger partial charge in [-0.3, -0.25) is 19.4 Å². The van der Waals surface area contributed by atoms with E-state index in [0.717, 1.165) is 36.8 Å². The van der Waals surface area contributed by atoms with Gasteiger partial charge in [0.25, 0.3) is 0 Å². The number of rotatable bonds is 9. The summed E-state index contributed by atoms with van der Waals surface area (Å²) in [6.45, 7) is 7.86. The zero-order chi connectivity index (χ0) is 20.5. The van der Waals surface area contributed by atoms with Crippen molar-refractivity contribution in [2.45, 2.75) is 6.04 Å². The van der Waals surface area contributed by atoms with Crippen molar-refractivity contribution in [3.63, 3.8) is 0 Å². The van der Waals surface area contributed by atoms with Gasteiger partial charge in [-0.25, -0.2) is 4.98 Å². The number of nitrogens with zero attached hydrogens (tertiary/aromatic N) is 3. The van der Waals surface area contributed by atoms with Crippen molar-refractivity contribution in [1.82, 2.24) is 25.4 Å². The topological polar surface area (TPSA) is 77.6 Å². The Bertz CT molecular complexity index is 789. The number of carbonyl (C=O) groups is 2. The van der Waals surface area contributed by atoms with E-state index >= 15 is 0 Å². The molecule has 2 heterocycles. The van der Waals surface area contributed by atoms with E-state index < -0.39 is 0 Å². The third-order valence-electron chi connectivity index (χ3n) is 4.78. The van der Waals surface area contributed by atoms with Crippen LogP contribution in [-0.2, 0) is 9.59 Å². The second kappa shape index (κ2) is 10.8. The lowest BCUT2D eigenvalue weighted by Gasteiger charge is -2.34. The summed E-state index contributed by atoms with van der Waals surface area (Å²) in [7, 11) is 0. The SMILES string of the molecule is C=CCNC(=O)CN1CCN(CC(=O)NC(c2ccccc2)c2nccs2)CC1. The van der Waals surface area contributed by atoms with Gasteiger partial charge in [0.2, 0.25) is 11.8 Å². The number of hydrogen-bond acceptors (Lipinski definition) is 6. The first-order chi connectivity index (χ1) is 14.2. The van der Waals surface area contributed by atoms with Crippen molar-refractivity contribution in [1.29, 1.82) is 0 Å². The highest BCUT2D eigenvalue weighted by atomic mass is 32.1. The molecule has 0 saturated carbocycles. The Labute approximate surface area is 175 Å². The Hall–Kier alpha value is -2.55. The molecular weight excluding hydrogens is 386 g/mol. The molecule has 7 nitrogen and oxygen atoms in total. The molecular formula is C21H27N5O2S. The second-order valence-corrected chi connectivity index (χ2v) is 7.85. The molecule has 2 amide bonds. The van der Waals surface area contributed by atoms with Gasteiger partial charge < -0.3 is 10.6 Å². The average molecular weight is 414 g/mol. The summed E-state index contributed by atoms with van der Waals surface area (Å²) in [5, 5.41) is 8.72. The molecule has 2 aromatic rings. The van der Waals surface area contributed by atoms with E-state index in [4.69, 9.17) is 0 Å². The van der Waals surface area contributed by atoms with Crippen LogP contribution in [0.2, 0.25) is 0 Å². The Morgan fingerprint density at radius 3 is 2.34 bits per heavy atom. The monoisotopic (exact) mass is 413 g/mol. The van der Waals surface area contributed by atoms with Gasteiger partial charge in [-0.1, -0.05) is 36.4 Å². The number of nitrogens with one attached hydrogen (secondary N) is 2. The summed E-state index contributed by atoms with van der Waals surface area (Å²) in [6.07, 6.45) is 3.43. The molecule has 8 heteroatoms. The van der Waals surface area contributed by atoms with Crippen LogP contribution in [-0.4, -0.2) is 72.4 Å². The Morgan fingerprint density at radius 2 is 1.76 bits per heavy atom. The minimum absolute atomic E-state index is 0.00486. The number of carbonyl (C=O) groups excluding carboxylic acids is 2. The summed E-state index contributed by atoms with van der Waals surface area (Å²) in [5.74, 6) is -0.0172. The highest BCUT2D eigenvalue weighted by Gasteiger charge is 2.23. The van der Waals surface area contributed by atoms with Gasteiger partial charge in [0.15, 0.2) is 0 Å². The molecule has 0 spiro atoms. The highest BCUT2D eigenvalue weighted by Crippen LogP contribution is 2.23.